The third kappa shape index (κ3) is 4.51. The Kier molecular flexibility index (Phi) is 5.75. The third-order valence-corrected chi connectivity index (χ3v) is 3.73. The molecular weight excluding hydrogens is 300 g/mol. The van der Waals surface area contributed by atoms with E-state index in [0.717, 1.165) is 0 Å². The maximum Gasteiger partial charge on any atom is 0.338 e. The van der Waals surface area contributed by atoms with Crippen LogP contribution in [-0.2, 0) is 18.9 Å². The second kappa shape index (κ2) is 7.40. The van der Waals surface area contributed by atoms with Gasteiger partial charge in [-0.2, -0.15) is 0 Å². The summed E-state index contributed by atoms with van der Waals surface area (Å²) in [6, 6.07) is 8.72. The van der Waals surface area contributed by atoms with Crippen LogP contribution >= 0.6 is 0 Å². The lowest BCUT2D eigenvalue weighted by Crippen LogP contribution is -2.41. The van der Waals surface area contributed by atoms with Crippen LogP contribution in [0.3, 0.4) is 0 Å². The zero-order chi connectivity index (χ0) is 17.0. The molecule has 0 spiro atoms. The van der Waals surface area contributed by atoms with Crippen molar-refractivity contribution in [2.45, 2.75) is 45.1 Å². The quantitative estimate of drug-likeness (QED) is 0.807. The molecule has 1 aliphatic heterocycles. The van der Waals surface area contributed by atoms with Crippen molar-refractivity contribution in [1.29, 1.82) is 0 Å². The fraction of sp³-hybridized carbons (Fsp3) is 0.588. The molecule has 0 aromatic heterocycles. The Labute approximate surface area is 136 Å². The van der Waals surface area contributed by atoms with Crippen LogP contribution in [0, 0.1) is 5.92 Å². The molecular formula is C17H24O6. The first-order chi connectivity index (χ1) is 10.8. The molecule has 0 amide bonds. The minimum Gasteiger partial charge on any atom is -0.462 e. The number of hydrogen-bond donors (Lipinski definition) is 1. The first-order valence-corrected chi connectivity index (χ1v) is 7.63. The van der Waals surface area contributed by atoms with E-state index in [0.29, 0.717) is 5.56 Å². The van der Waals surface area contributed by atoms with Crippen molar-refractivity contribution >= 4 is 5.97 Å². The van der Waals surface area contributed by atoms with Gasteiger partial charge in [0.05, 0.1) is 18.3 Å². The average Bonchev–Trinajstić information content (AvgIpc) is 2.87. The number of carbonyl (C=O) groups is 1. The van der Waals surface area contributed by atoms with E-state index in [9.17, 15) is 9.90 Å². The highest BCUT2D eigenvalue weighted by molar-refractivity contribution is 5.89. The van der Waals surface area contributed by atoms with Crippen LogP contribution in [0.5, 0.6) is 0 Å². The molecule has 4 unspecified atom stereocenters. The second-order valence-corrected chi connectivity index (χ2v) is 6.14. The van der Waals surface area contributed by atoms with Crippen LogP contribution < -0.4 is 0 Å². The molecule has 0 bridgehead atoms. The van der Waals surface area contributed by atoms with Crippen molar-refractivity contribution in [3.05, 3.63) is 35.9 Å². The lowest BCUT2D eigenvalue weighted by molar-refractivity contribution is -0.183. The van der Waals surface area contributed by atoms with E-state index in [2.05, 4.69) is 0 Å². The lowest BCUT2D eigenvalue weighted by Gasteiger charge is -2.26. The minimum absolute atomic E-state index is 0.0750. The molecule has 1 aromatic carbocycles. The van der Waals surface area contributed by atoms with Gasteiger partial charge in [-0.15, -0.1) is 0 Å². The Morgan fingerprint density at radius 2 is 1.96 bits per heavy atom. The summed E-state index contributed by atoms with van der Waals surface area (Å²) in [6.07, 6.45) is -2.18. The normalized spacial score (nSPS) is 25.8. The van der Waals surface area contributed by atoms with Crippen LogP contribution in [0.2, 0.25) is 0 Å². The number of aliphatic hydroxyl groups excluding tert-OH is 1. The predicted octanol–water partition coefficient (Wildman–Crippen LogP) is 1.96. The molecule has 4 atom stereocenters. The predicted molar refractivity (Wildman–Crippen MR) is 82.7 cm³/mol. The molecule has 6 nitrogen and oxygen atoms in total. The molecule has 0 aliphatic carbocycles. The van der Waals surface area contributed by atoms with Gasteiger partial charge in [-0.3, -0.25) is 0 Å². The van der Waals surface area contributed by atoms with E-state index in [1.54, 1.807) is 45.0 Å². The Hall–Kier alpha value is -1.47. The van der Waals surface area contributed by atoms with E-state index in [-0.39, 0.29) is 12.5 Å². The molecule has 0 radical (unpaired) electrons. The molecule has 1 N–H and O–H groups in total. The van der Waals surface area contributed by atoms with Gasteiger partial charge in [0.1, 0.15) is 6.10 Å². The SMILES string of the molecule is COC1OC(C)(C)OC1C(O)C(C)COC(=O)c1ccccc1. The summed E-state index contributed by atoms with van der Waals surface area (Å²) in [5, 5.41) is 10.5. The molecule has 2 rings (SSSR count). The van der Waals surface area contributed by atoms with Gasteiger partial charge >= 0.3 is 5.97 Å². The van der Waals surface area contributed by atoms with E-state index in [4.69, 9.17) is 18.9 Å². The summed E-state index contributed by atoms with van der Waals surface area (Å²) in [7, 11) is 1.50. The van der Waals surface area contributed by atoms with Gasteiger partial charge in [0.15, 0.2) is 12.1 Å². The van der Waals surface area contributed by atoms with Crippen molar-refractivity contribution in [2.24, 2.45) is 5.92 Å². The average molecular weight is 324 g/mol. The molecule has 128 valence electrons. The zero-order valence-corrected chi connectivity index (χ0v) is 13.9. The van der Waals surface area contributed by atoms with Crippen LogP contribution in [0.25, 0.3) is 0 Å². The number of esters is 1. The third-order valence-electron chi connectivity index (χ3n) is 3.73. The number of aliphatic hydroxyl groups is 1. The van der Waals surface area contributed by atoms with Crippen molar-refractivity contribution in [3.8, 4) is 0 Å². The first kappa shape index (κ1) is 17.9. The molecule has 0 saturated carbocycles. The Bertz CT molecular complexity index is 515. The van der Waals surface area contributed by atoms with Crippen LogP contribution in [0.4, 0.5) is 0 Å². The highest BCUT2D eigenvalue weighted by Gasteiger charge is 2.46. The maximum atomic E-state index is 11.9. The van der Waals surface area contributed by atoms with Gasteiger partial charge in [0.25, 0.3) is 0 Å². The van der Waals surface area contributed by atoms with Crippen molar-refractivity contribution in [2.75, 3.05) is 13.7 Å². The van der Waals surface area contributed by atoms with Crippen molar-refractivity contribution in [1.82, 2.24) is 0 Å². The summed E-state index contributed by atoms with van der Waals surface area (Å²) in [6.45, 7) is 5.37. The Morgan fingerprint density at radius 1 is 1.30 bits per heavy atom. The van der Waals surface area contributed by atoms with Crippen LogP contribution in [-0.4, -0.2) is 49.1 Å². The maximum absolute atomic E-state index is 11.9. The number of hydrogen-bond acceptors (Lipinski definition) is 6. The second-order valence-electron chi connectivity index (χ2n) is 6.14. The van der Waals surface area contributed by atoms with Crippen molar-refractivity contribution in [3.63, 3.8) is 0 Å². The van der Waals surface area contributed by atoms with Crippen molar-refractivity contribution < 1.29 is 28.8 Å². The first-order valence-electron chi connectivity index (χ1n) is 7.63. The molecule has 1 saturated heterocycles. The number of rotatable bonds is 6. The van der Waals surface area contributed by atoms with Gasteiger partial charge in [-0.25, -0.2) is 4.79 Å². The summed E-state index contributed by atoms with van der Waals surface area (Å²) in [4.78, 5) is 11.9. The highest BCUT2D eigenvalue weighted by atomic mass is 16.8. The fourth-order valence-corrected chi connectivity index (χ4v) is 2.46. The van der Waals surface area contributed by atoms with E-state index >= 15 is 0 Å². The summed E-state index contributed by atoms with van der Waals surface area (Å²) < 4.78 is 21.7. The number of carbonyl (C=O) groups excluding carboxylic acids is 1. The number of benzene rings is 1. The highest BCUT2D eigenvalue weighted by Crippen LogP contribution is 2.32. The number of ether oxygens (including phenoxy) is 4. The Morgan fingerprint density at radius 3 is 2.57 bits per heavy atom. The lowest BCUT2D eigenvalue weighted by atomic mass is 10.0. The van der Waals surface area contributed by atoms with E-state index in [1.165, 1.54) is 7.11 Å². The molecule has 23 heavy (non-hydrogen) atoms. The molecule has 1 fully saturated rings. The topological polar surface area (TPSA) is 74.2 Å². The minimum atomic E-state index is -0.884. The van der Waals surface area contributed by atoms with Gasteiger partial charge in [0, 0.05) is 13.0 Å². The zero-order valence-electron chi connectivity index (χ0n) is 13.9. The molecule has 6 heteroatoms. The van der Waals surface area contributed by atoms with Crippen LogP contribution in [0.15, 0.2) is 30.3 Å². The van der Waals surface area contributed by atoms with Gasteiger partial charge in [0.2, 0.25) is 0 Å². The standard InChI is InChI=1S/C17H24O6/c1-11(10-21-15(19)12-8-6-5-7-9-12)13(18)14-16(20-4)23-17(2,3)22-14/h5-9,11,13-14,16,18H,10H2,1-4H3. The smallest absolute Gasteiger partial charge is 0.338 e. The van der Waals surface area contributed by atoms with Gasteiger partial charge < -0.3 is 24.1 Å². The summed E-state index contributed by atoms with van der Waals surface area (Å²) in [5.74, 6) is -1.58. The van der Waals surface area contributed by atoms with E-state index in [1.807, 2.05) is 6.07 Å². The summed E-state index contributed by atoms with van der Waals surface area (Å²) >= 11 is 0. The molecule has 1 aliphatic rings. The van der Waals surface area contributed by atoms with Crippen LogP contribution in [0.1, 0.15) is 31.1 Å². The fourth-order valence-electron chi connectivity index (χ4n) is 2.46. The molecule has 1 aromatic rings. The Balaban J connectivity index is 1.90. The summed E-state index contributed by atoms with van der Waals surface area (Å²) in [5.41, 5.74) is 0.477. The van der Waals surface area contributed by atoms with Gasteiger partial charge in [-0.05, 0) is 26.0 Å². The van der Waals surface area contributed by atoms with E-state index < -0.39 is 30.3 Å². The number of methoxy groups -OCH3 is 1. The largest absolute Gasteiger partial charge is 0.462 e. The monoisotopic (exact) mass is 324 g/mol. The van der Waals surface area contributed by atoms with Gasteiger partial charge in [-0.1, -0.05) is 25.1 Å². The molecule has 1 heterocycles.